The van der Waals surface area contributed by atoms with E-state index in [0.29, 0.717) is 29.2 Å². The van der Waals surface area contributed by atoms with Gasteiger partial charge in [-0.3, -0.25) is 9.59 Å². The van der Waals surface area contributed by atoms with Crippen LogP contribution in [-0.2, 0) is 6.54 Å². The van der Waals surface area contributed by atoms with E-state index < -0.39 is 0 Å². The largest absolute Gasteiger partial charge is 0.497 e. The van der Waals surface area contributed by atoms with Crippen molar-refractivity contribution in [3.05, 3.63) is 59.2 Å². The molecule has 0 radical (unpaired) electrons. The van der Waals surface area contributed by atoms with E-state index in [4.69, 9.17) is 9.47 Å². The van der Waals surface area contributed by atoms with Crippen LogP contribution in [0.25, 0.3) is 0 Å². The summed E-state index contributed by atoms with van der Waals surface area (Å²) in [6.07, 6.45) is 0. The smallest absolute Gasteiger partial charge is 0.255 e. The molecule has 2 aromatic rings. The molecule has 0 aliphatic carbocycles. The van der Waals surface area contributed by atoms with Gasteiger partial charge in [0.05, 0.1) is 19.8 Å². The van der Waals surface area contributed by atoms with E-state index in [9.17, 15) is 9.59 Å². The summed E-state index contributed by atoms with van der Waals surface area (Å²) in [5.74, 6) is 0.774. The maximum atomic E-state index is 12.5. The van der Waals surface area contributed by atoms with E-state index in [1.165, 1.54) is 7.11 Å². The molecule has 0 atom stereocenters. The summed E-state index contributed by atoms with van der Waals surface area (Å²) in [4.78, 5) is 26.5. The van der Waals surface area contributed by atoms with Crippen LogP contribution in [0.2, 0.25) is 0 Å². The molecule has 0 aliphatic rings. The molecule has 27 heavy (non-hydrogen) atoms. The van der Waals surface area contributed by atoms with Gasteiger partial charge in [-0.05, 0) is 49.7 Å². The van der Waals surface area contributed by atoms with Gasteiger partial charge in [-0.15, -0.1) is 0 Å². The third-order valence-electron chi connectivity index (χ3n) is 4.40. The zero-order valence-corrected chi connectivity index (χ0v) is 16.4. The molecule has 0 saturated carbocycles. The van der Waals surface area contributed by atoms with E-state index in [1.807, 2.05) is 26.0 Å². The second-order valence-electron chi connectivity index (χ2n) is 6.46. The highest BCUT2D eigenvalue weighted by Gasteiger charge is 2.15. The van der Waals surface area contributed by atoms with Crippen molar-refractivity contribution >= 4 is 11.8 Å². The molecule has 2 amide bonds. The van der Waals surface area contributed by atoms with Crippen LogP contribution in [0.15, 0.2) is 42.5 Å². The van der Waals surface area contributed by atoms with Gasteiger partial charge >= 0.3 is 0 Å². The Morgan fingerprint density at radius 2 is 1.70 bits per heavy atom. The van der Waals surface area contributed by atoms with Crippen LogP contribution in [0, 0.1) is 0 Å². The van der Waals surface area contributed by atoms with Gasteiger partial charge in [0.2, 0.25) is 0 Å². The van der Waals surface area contributed by atoms with Crippen LogP contribution in [0.1, 0.15) is 40.1 Å². The number of rotatable bonds is 7. The van der Waals surface area contributed by atoms with E-state index in [1.54, 1.807) is 49.4 Å². The molecule has 6 nitrogen and oxygen atoms in total. The number of benzene rings is 2. The first-order valence-corrected chi connectivity index (χ1v) is 8.73. The van der Waals surface area contributed by atoms with Gasteiger partial charge in [-0.1, -0.05) is 12.1 Å². The van der Waals surface area contributed by atoms with Crippen molar-refractivity contribution in [2.45, 2.75) is 26.4 Å². The predicted octanol–water partition coefficient (Wildman–Crippen LogP) is 3.11. The normalized spacial score (nSPS) is 10.4. The molecule has 0 heterocycles. The number of methoxy groups -OCH3 is 2. The fourth-order valence-corrected chi connectivity index (χ4v) is 2.47. The predicted molar refractivity (Wildman–Crippen MR) is 104 cm³/mol. The highest BCUT2D eigenvalue weighted by molar-refractivity contribution is 5.97. The first kappa shape index (κ1) is 20.3. The van der Waals surface area contributed by atoms with Crippen LogP contribution in [0.4, 0.5) is 0 Å². The third kappa shape index (κ3) is 5.00. The quantitative estimate of drug-likeness (QED) is 0.813. The minimum Gasteiger partial charge on any atom is -0.497 e. The molecule has 0 aromatic heterocycles. The van der Waals surface area contributed by atoms with E-state index in [-0.39, 0.29) is 17.9 Å². The molecule has 0 unspecified atom stereocenters. The summed E-state index contributed by atoms with van der Waals surface area (Å²) < 4.78 is 10.4. The number of ether oxygens (including phenoxy) is 2. The molecule has 6 heteroatoms. The topological polar surface area (TPSA) is 67.9 Å². The van der Waals surface area contributed by atoms with Gasteiger partial charge in [-0.25, -0.2) is 0 Å². The zero-order chi connectivity index (χ0) is 20.0. The number of nitrogens with one attached hydrogen (secondary N) is 1. The van der Waals surface area contributed by atoms with Crippen LogP contribution >= 0.6 is 0 Å². The van der Waals surface area contributed by atoms with Gasteiger partial charge in [0.1, 0.15) is 11.5 Å². The molecule has 0 spiro atoms. The maximum Gasteiger partial charge on any atom is 0.255 e. The minimum atomic E-state index is -0.259. The molecule has 0 saturated heterocycles. The van der Waals surface area contributed by atoms with Gasteiger partial charge in [0, 0.05) is 25.2 Å². The lowest BCUT2D eigenvalue weighted by molar-refractivity contribution is 0.0754. The van der Waals surface area contributed by atoms with Crippen molar-refractivity contribution in [1.82, 2.24) is 10.2 Å². The fraction of sp³-hybridized carbons (Fsp3) is 0.333. The number of nitrogens with zero attached hydrogens (tertiary/aromatic N) is 1. The van der Waals surface area contributed by atoms with Crippen LogP contribution in [-0.4, -0.2) is 44.0 Å². The molecule has 0 bridgehead atoms. The molecule has 1 N–H and O–H groups in total. The number of carbonyl (C=O) groups excluding carboxylic acids is 2. The Hall–Kier alpha value is -3.02. The van der Waals surface area contributed by atoms with E-state index >= 15 is 0 Å². The second-order valence-corrected chi connectivity index (χ2v) is 6.46. The molecule has 144 valence electrons. The summed E-state index contributed by atoms with van der Waals surface area (Å²) in [7, 11) is 4.84. The van der Waals surface area contributed by atoms with Crippen LogP contribution < -0.4 is 14.8 Å². The van der Waals surface area contributed by atoms with Crippen molar-refractivity contribution in [3.63, 3.8) is 0 Å². The average molecular weight is 370 g/mol. The Labute approximate surface area is 160 Å². The lowest BCUT2D eigenvalue weighted by Crippen LogP contribution is -2.32. The molecular weight excluding hydrogens is 344 g/mol. The lowest BCUT2D eigenvalue weighted by atomic mass is 10.1. The average Bonchev–Trinajstić information content (AvgIpc) is 2.70. The minimum absolute atomic E-state index is 0.0262. The molecule has 2 rings (SSSR count). The monoisotopic (exact) mass is 370 g/mol. The third-order valence-corrected chi connectivity index (χ3v) is 4.40. The molecular formula is C21H26N2O4. The summed E-state index contributed by atoms with van der Waals surface area (Å²) in [6, 6.07) is 12.4. The van der Waals surface area contributed by atoms with Crippen molar-refractivity contribution < 1.29 is 19.1 Å². The Morgan fingerprint density at radius 1 is 1.04 bits per heavy atom. The van der Waals surface area contributed by atoms with Gasteiger partial charge < -0.3 is 19.7 Å². The van der Waals surface area contributed by atoms with Crippen molar-refractivity contribution in [2.24, 2.45) is 0 Å². The van der Waals surface area contributed by atoms with Crippen molar-refractivity contribution in [3.8, 4) is 11.5 Å². The fourth-order valence-electron chi connectivity index (χ4n) is 2.47. The summed E-state index contributed by atoms with van der Waals surface area (Å²) in [5, 5.41) is 2.86. The number of hydrogen-bond acceptors (Lipinski definition) is 4. The zero-order valence-electron chi connectivity index (χ0n) is 16.4. The SMILES string of the molecule is COc1ccc(OC)c(C(=O)NCc2ccc(C(=O)N(C)C(C)C)cc2)c1. The molecule has 0 aliphatic heterocycles. The van der Waals surface area contributed by atoms with Crippen LogP contribution in [0.5, 0.6) is 11.5 Å². The highest BCUT2D eigenvalue weighted by Crippen LogP contribution is 2.23. The maximum absolute atomic E-state index is 12.5. The van der Waals surface area contributed by atoms with Gasteiger partial charge in [0.25, 0.3) is 11.8 Å². The standard InChI is InChI=1S/C21H26N2O4/c1-14(2)23(3)21(25)16-8-6-15(7-9-16)13-22-20(24)18-12-17(26-4)10-11-19(18)27-5/h6-12,14H,13H2,1-5H3,(H,22,24). The Kier molecular flexibility index (Phi) is 6.82. The van der Waals surface area contributed by atoms with Crippen LogP contribution in [0.3, 0.4) is 0 Å². The van der Waals surface area contributed by atoms with E-state index in [2.05, 4.69) is 5.32 Å². The summed E-state index contributed by atoms with van der Waals surface area (Å²) >= 11 is 0. The van der Waals surface area contributed by atoms with Gasteiger partial charge in [0.15, 0.2) is 0 Å². The first-order valence-electron chi connectivity index (χ1n) is 8.73. The summed E-state index contributed by atoms with van der Waals surface area (Å²) in [5.41, 5.74) is 1.92. The van der Waals surface area contributed by atoms with Gasteiger partial charge in [-0.2, -0.15) is 0 Å². The Morgan fingerprint density at radius 3 is 2.26 bits per heavy atom. The Balaban J connectivity index is 2.05. The second kappa shape index (κ2) is 9.07. The number of hydrogen-bond donors (Lipinski definition) is 1. The lowest BCUT2D eigenvalue weighted by Gasteiger charge is -2.21. The van der Waals surface area contributed by atoms with E-state index in [0.717, 1.165) is 5.56 Å². The van der Waals surface area contributed by atoms with Crippen molar-refractivity contribution in [2.75, 3.05) is 21.3 Å². The number of carbonyl (C=O) groups is 2. The Bertz CT molecular complexity index is 800. The van der Waals surface area contributed by atoms with Crippen molar-refractivity contribution in [1.29, 1.82) is 0 Å². The summed E-state index contributed by atoms with van der Waals surface area (Å²) in [6.45, 7) is 4.27. The highest BCUT2D eigenvalue weighted by atomic mass is 16.5. The molecule has 2 aromatic carbocycles. The molecule has 0 fully saturated rings. The number of amides is 2. The first-order chi connectivity index (χ1) is 12.9.